The number of carbonyl (C=O) groups excluding carboxylic acids is 1. The number of fused-ring (bicyclic) bond motifs is 2. The van der Waals surface area contributed by atoms with Crippen LogP contribution >= 0.6 is 11.6 Å². The van der Waals surface area contributed by atoms with Gasteiger partial charge < -0.3 is 9.79 Å². The van der Waals surface area contributed by atoms with Gasteiger partial charge in [-0.1, -0.05) is 17.3 Å². The molecule has 1 aromatic carbocycles. The summed E-state index contributed by atoms with van der Waals surface area (Å²) < 4.78 is 6.59. The smallest absolute Gasteiger partial charge is 0.329 e. The Balaban J connectivity index is 1.33. The summed E-state index contributed by atoms with van der Waals surface area (Å²) in [6.07, 6.45) is 12.6. The Morgan fingerprint density at radius 3 is 2.65 bits per heavy atom. The lowest BCUT2D eigenvalue weighted by Crippen LogP contribution is -2.43. The van der Waals surface area contributed by atoms with Crippen molar-refractivity contribution in [1.29, 1.82) is 0 Å². The van der Waals surface area contributed by atoms with Gasteiger partial charge in [0.1, 0.15) is 17.4 Å². The Labute approximate surface area is 221 Å². The summed E-state index contributed by atoms with van der Waals surface area (Å²) in [7, 11) is 2.18. The summed E-state index contributed by atoms with van der Waals surface area (Å²) in [6, 6.07) is 12.2. The quantitative estimate of drug-likeness (QED) is 0.322. The fraction of sp³-hybridized carbons (Fsp3) is 0.333. The van der Waals surface area contributed by atoms with E-state index in [1.54, 1.807) is 0 Å². The largest absolute Gasteiger partial charge is 0.553 e. The van der Waals surface area contributed by atoms with Crippen molar-refractivity contribution in [3.63, 3.8) is 0 Å². The molecule has 5 heterocycles. The summed E-state index contributed by atoms with van der Waals surface area (Å²) in [4.78, 5) is 14.1. The first-order valence-corrected chi connectivity index (χ1v) is 13.5. The predicted octanol–water partition coefficient (Wildman–Crippen LogP) is 3.75. The van der Waals surface area contributed by atoms with E-state index in [2.05, 4.69) is 79.7 Å². The second-order valence-electron chi connectivity index (χ2n) is 10.1. The molecule has 2 fully saturated rings. The van der Waals surface area contributed by atoms with E-state index in [4.69, 9.17) is 11.6 Å². The lowest BCUT2D eigenvalue weighted by atomic mass is 9.91. The average molecular weight is 512 g/mol. The first-order valence-electron chi connectivity index (χ1n) is 13.0. The SMILES string of the molecule is O=C(CCl)Nc1ccc(C2=C3C=CC(=[N+]4CCCCC4)N3[B]n3c2ccc3-n2cc(C3CC3)nn2)cc1. The van der Waals surface area contributed by atoms with Crippen molar-refractivity contribution in [2.75, 3.05) is 24.3 Å². The van der Waals surface area contributed by atoms with E-state index in [9.17, 15) is 4.79 Å². The maximum Gasteiger partial charge on any atom is 0.553 e. The number of hydrogen-bond acceptors (Lipinski definition) is 3. The van der Waals surface area contributed by atoms with Crippen molar-refractivity contribution in [2.24, 2.45) is 0 Å². The van der Waals surface area contributed by atoms with Crippen molar-refractivity contribution in [3.8, 4) is 5.82 Å². The molecule has 0 atom stereocenters. The monoisotopic (exact) mass is 511 g/mol. The van der Waals surface area contributed by atoms with Crippen LogP contribution in [0.15, 0.2) is 60.4 Å². The average Bonchev–Trinajstić information content (AvgIpc) is 3.32. The molecule has 8 nitrogen and oxygen atoms in total. The van der Waals surface area contributed by atoms with Gasteiger partial charge in [0.15, 0.2) is 0 Å². The normalized spacial score (nSPS) is 18.7. The van der Waals surface area contributed by atoms with Crippen LogP contribution in [0.5, 0.6) is 0 Å². The van der Waals surface area contributed by atoms with E-state index >= 15 is 0 Å². The van der Waals surface area contributed by atoms with Gasteiger partial charge in [0.05, 0.1) is 25.0 Å². The highest BCUT2D eigenvalue weighted by Crippen LogP contribution is 2.40. The molecule has 3 aromatic rings. The van der Waals surface area contributed by atoms with Crippen LogP contribution in [0, 0.1) is 0 Å². The highest BCUT2D eigenvalue weighted by molar-refractivity contribution is 6.40. The van der Waals surface area contributed by atoms with Gasteiger partial charge in [-0.05, 0) is 68.0 Å². The molecular formula is C27H27BClN7O+. The Hall–Kier alpha value is -3.59. The van der Waals surface area contributed by atoms with Crippen molar-refractivity contribution in [1.82, 2.24) is 24.3 Å². The zero-order valence-corrected chi connectivity index (χ0v) is 21.2. The molecule has 1 aliphatic carbocycles. The molecule has 185 valence electrons. The van der Waals surface area contributed by atoms with Crippen molar-refractivity contribution in [3.05, 3.63) is 77.4 Å². The standard InChI is InChI=1S/C27H26BClN7O/c29-16-24(37)30-20-8-6-19(7-9-20)27-22-10-12-25(33-14-2-1-3-15-33)35(22)28-36-23(27)11-13-26(36)34-17-21(31-32-34)18-4-5-18/h6-13,17-18H,1-5,14-16H2/p+1. The van der Waals surface area contributed by atoms with E-state index in [1.165, 1.54) is 37.9 Å². The lowest BCUT2D eigenvalue weighted by molar-refractivity contribution is -0.539. The fourth-order valence-electron chi connectivity index (χ4n) is 5.50. The van der Waals surface area contributed by atoms with Crippen LogP contribution in [0.3, 0.4) is 0 Å². The summed E-state index contributed by atoms with van der Waals surface area (Å²) >= 11 is 5.67. The Morgan fingerprint density at radius 2 is 1.89 bits per heavy atom. The van der Waals surface area contributed by atoms with Crippen LogP contribution in [0.4, 0.5) is 5.69 Å². The van der Waals surface area contributed by atoms with Crippen molar-refractivity contribution in [2.45, 2.75) is 38.0 Å². The van der Waals surface area contributed by atoms with Crippen LogP contribution in [0.2, 0.25) is 0 Å². The molecule has 7 rings (SSSR count). The molecule has 4 aliphatic rings. The molecule has 10 heteroatoms. The summed E-state index contributed by atoms with van der Waals surface area (Å²) in [5.41, 5.74) is 6.24. The molecule has 1 saturated carbocycles. The minimum absolute atomic E-state index is 0.0667. The number of benzene rings is 1. The number of nitrogens with zero attached hydrogens (tertiary/aromatic N) is 6. The van der Waals surface area contributed by atoms with Crippen LogP contribution in [-0.4, -0.2) is 67.1 Å². The second kappa shape index (κ2) is 9.06. The summed E-state index contributed by atoms with van der Waals surface area (Å²) in [6.45, 7) is 2.14. The van der Waals surface area contributed by atoms with Gasteiger partial charge in [0, 0.05) is 28.9 Å². The molecule has 37 heavy (non-hydrogen) atoms. The van der Waals surface area contributed by atoms with E-state index in [0.29, 0.717) is 5.92 Å². The van der Waals surface area contributed by atoms with Gasteiger partial charge in [-0.15, -0.1) is 16.7 Å². The third-order valence-corrected chi connectivity index (χ3v) is 7.78. The number of alkyl halides is 1. The van der Waals surface area contributed by atoms with E-state index in [1.807, 2.05) is 16.8 Å². The first kappa shape index (κ1) is 22.6. The number of rotatable bonds is 5. The number of halogens is 1. The van der Waals surface area contributed by atoms with Gasteiger partial charge in [0.2, 0.25) is 5.91 Å². The van der Waals surface area contributed by atoms with Crippen molar-refractivity contribution >= 4 is 42.2 Å². The number of aromatic nitrogens is 4. The molecule has 1 N–H and O–H groups in total. The highest BCUT2D eigenvalue weighted by atomic mass is 35.5. The molecule has 1 amide bonds. The molecule has 0 unspecified atom stereocenters. The number of amidine groups is 1. The minimum atomic E-state index is -0.216. The van der Waals surface area contributed by atoms with Crippen LogP contribution < -0.4 is 5.32 Å². The molecule has 0 bridgehead atoms. The van der Waals surface area contributed by atoms with Gasteiger partial charge in [-0.2, -0.15) is 0 Å². The van der Waals surface area contributed by atoms with Crippen molar-refractivity contribution < 1.29 is 9.37 Å². The van der Waals surface area contributed by atoms with Crippen LogP contribution in [0.25, 0.3) is 11.4 Å². The molecule has 1 radical (unpaired) electrons. The third-order valence-electron chi connectivity index (χ3n) is 7.54. The number of hydrogen-bond donors (Lipinski definition) is 1. The first-order chi connectivity index (χ1) is 18.2. The van der Waals surface area contributed by atoms with E-state index in [0.717, 1.165) is 52.8 Å². The third kappa shape index (κ3) is 4.02. The number of anilines is 1. The maximum absolute atomic E-state index is 11.8. The summed E-state index contributed by atoms with van der Waals surface area (Å²) in [5.74, 6) is 2.44. The zero-order valence-electron chi connectivity index (χ0n) is 20.5. The fourth-order valence-corrected chi connectivity index (χ4v) is 5.57. The van der Waals surface area contributed by atoms with Crippen LogP contribution in [0.1, 0.15) is 55.0 Å². The van der Waals surface area contributed by atoms with E-state index in [-0.39, 0.29) is 11.8 Å². The molecule has 0 spiro atoms. The Kier molecular flexibility index (Phi) is 5.54. The van der Waals surface area contributed by atoms with Gasteiger partial charge in [-0.3, -0.25) is 14.2 Å². The zero-order chi connectivity index (χ0) is 24.9. The van der Waals surface area contributed by atoms with Gasteiger partial charge in [-0.25, -0.2) is 4.68 Å². The van der Waals surface area contributed by atoms with Gasteiger partial charge >= 0.3 is 7.55 Å². The topological polar surface area (TPSA) is 71.0 Å². The second-order valence-corrected chi connectivity index (χ2v) is 10.3. The van der Waals surface area contributed by atoms with Gasteiger partial charge in [0.25, 0.3) is 5.84 Å². The number of amides is 1. The number of carbonyl (C=O) groups is 1. The molecule has 3 aliphatic heterocycles. The summed E-state index contributed by atoms with van der Waals surface area (Å²) in [5, 5.41) is 11.7. The highest BCUT2D eigenvalue weighted by Gasteiger charge is 2.40. The minimum Gasteiger partial charge on any atom is -0.329 e. The molecular weight excluding hydrogens is 485 g/mol. The van der Waals surface area contributed by atoms with Crippen LogP contribution in [-0.2, 0) is 4.79 Å². The number of nitrogens with one attached hydrogen (secondary N) is 1. The lowest BCUT2D eigenvalue weighted by Gasteiger charge is -2.27. The predicted molar refractivity (Wildman–Crippen MR) is 144 cm³/mol. The Bertz CT molecular complexity index is 1470. The Morgan fingerprint density at radius 1 is 1.08 bits per heavy atom. The maximum atomic E-state index is 11.8. The number of piperidine rings is 1. The molecule has 1 saturated heterocycles. The number of allylic oxidation sites excluding steroid dienone is 1. The molecule has 2 aromatic heterocycles. The van der Waals surface area contributed by atoms with E-state index < -0.39 is 0 Å².